The summed E-state index contributed by atoms with van der Waals surface area (Å²) >= 11 is 0. The average molecular weight is 210 g/mol. The van der Waals surface area contributed by atoms with Crippen molar-refractivity contribution < 1.29 is 4.74 Å². The second-order valence-electron chi connectivity index (χ2n) is 2.87. The van der Waals surface area contributed by atoms with Crippen molar-refractivity contribution in [3.63, 3.8) is 0 Å². The highest BCUT2D eigenvalue weighted by Crippen LogP contribution is 2.07. The molecule has 1 heteroatoms. The van der Waals surface area contributed by atoms with Crippen LogP contribution >= 0.6 is 0 Å². The molecule has 0 aliphatic heterocycles. The lowest BCUT2D eigenvalue weighted by Gasteiger charge is -2.01. The molecule has 0 N–H and O–H groups in total. The third kappa shape index (κ3) is 13.0. The van der Waals surface area contributed by atoms with Crippen LogP contribution in [0.2, 0.25) is 0 Å². The fourth-order valence-corrected chi connectivity index (χ4v) is 0.737. The van der Waals surface area contributed by atoms with Crippen LogP contribution in [0.1, 0.15) is 47.5 Å². The van der Waals surface area contributed by atoms with E-state index in [0.29, 0.717) is 0 Å². The molecule has 0 bridgehead atoms. The van der Waals surface area contributed by atoms with Crippen LogP contribution in [0.5, 0.6) is 5.75 Å². The minimum absolute atomic E-state index is 0.810. The number of ether oxygens (including phenoxy) is 1. The van der Waals surface area contributed by atoms with E-state index in [1.165, 1.54) is 6.42 Å². The van der Waals surface area contributed by atoms with E-state index < -0.39 is 0 Å². The van der Waals surface area contributed by atoms with Crippen LogP contribution in [0.15, 0.2) is 30.3 Å². The predicted octanol–water partition coefficient (Wildman–Crippen LogP) is 4.92. The first-order valence-electron chi connectivity index (χ1n) is 6.02. The van der Waals surface area contributed by atoms with Gasteiger partial charge in [0.15, 0.2) is 0 Å². The molecule has 0 saturated heterocycles. The monoisotopic (exact) mass is 210 g/mol. The van der Waals surface area contributed by atoms with Crippen molar-refractivity contribution in [1.29, 1.82) is 0 Å². The molecule has 1 rings (SSSR count). The molecule has 1 aromatic rings. The molecule has 0 aliphatic carbocycles. The summed E-state index contributed by atoms with van der Waals surface area (Å²) in [6.07, 6.45) is 2.31. The summed E-state index contributed by atoms with van der Waals surface area (Å²) in [4.78, 5) is 0. The van der Waals surface area contributed by atoms with Crippen molar-refractivity contribution in [3.8, 4) is 5.75 Å². The van der Waals surface area contributed by atoms with Crippen LogP contribution in [0.25, 0.3) is 0 Å². The average Bonchev–Trinajstić information content (AvgIpc) is 2.31. The smallest absolute Gasteiger partial charge is 0.119 e. The van der Waals surface area contributed by atoms with Gasteiger partial charge in [0, 0.05) is 0 Å². The van der Waals surface area contributed by atoms with Crippen LogP contribution in [0, 0.1) is 0 Å². The van der Waals surface area contributed by atoms with Crippen LogP contribution < -0.4 is 4.74 Å². The van der Waals surface area contributed by atoms with Gasteiger partial charge < -0.3 is 4.74 Å². The second kappa shape index (κ2) is 15.5. The molecule has 0 unspecified atom stereocenters. The van der Waals surface area contributed by atoms with E-state index in [2.05, 4.69) is 20.8 Å². The van der Waals surface area contributed by atoms with Crippen LogP contribution in [-0.2, 0) is 0 Å². The van der Waals surface area contributed by atoms with E-state index >= 15 is 0 Å². The third-order valence-corrected chi connectivity index (χ3v) is 1.22. The molecule has 88 valence electrons. The summed E-state index contributed by atoms with van der Waals surface area (Å²) in [5.41, 5.74) is 0. The molecule has 0 aromatic heterocycles. The van der Waals surface area contributed by atoms with Gasteiger partial charge in [-0.25, -0.2) is 0 Å². The molecular weight excluding hydrogens is 184 g/mol. The van der Waals surface area contributed by atoms with E-state index in [0.717, 1.165) is 18.8 Å². The molecular formula is C14H26O. The van der Waals surface area contributed by atoms with Crippen LogP contribution in [0.4, 0.5) is 0 Å². The second-order valence-corrected chi connectivity index (χ2v) is 2.87. The molecule has 1 nitrogen and oxygen atoms in total. The highest BCUT2D eigenvalue weighted by Gasteiger charge is 1.86. The summed E-state index contributed by atoms with van der Waals surface area (Å²) in [5.74, 6) is 0.962. The van der Waals surface area contributed by atoms with Crippen molar-refractivity contribution >= 4 is 0 Å². The van der Waals surface area contributed by atoms with Gasteiger partial charge in [-0.1, -0.05) is 59.2 Å². The molecule has 0 spiro atoms. The van der Waals surface area contributed by atoms with Crippen LogP contribution in [0.3, 0.4) is 0 Å². The lowest BCUT2D eigenvalue weighted by molar-refractivity contribution is 0.317. The molecule has 0 fully saturated rings. The van der Waals surface area contributed by atoms with Gasteiger partial charge >= 0.3 is 0 Å². The Morgan fingerprint density at radius 2 is 1.40 bits per heavy atom. The molecule has 0 aliphatic rings. The Balaban J connectivity index is 0. The largest absolute Gasteiger partial charge is 0.494 e. The topological polar surface area (TPSA) is 9.23 Å². The van der Waals surface area contributed by atoms with Crippen molar-refractivity contribution in [2.75, 3.05) is 6.61 Å². The van der Waals surface area contributed by atoms with Crippen molar-refractivity contribution in [3.05, 3.63) is 30.3 Å². The van der Waals surface area contributed by atoms with Crippen molar-refractivity contribution in [1.82, 2.24) is 0 Å². The fraction of sp³-hybridized carbons (Fsp3) is 0.571. The van der Waals surface area contributed by atoms with Gasteiger partial charge in [0.25, 0.3) is 0 Å². The number of hydrogen-bond acceptors (Lipinski definition) is 1. The van der Waals surface area contributed by atoms with Gasteiger partial charge in [0.05, 0.1) is 6.61 Å². The molecule has 0 heterocycles. The Bertz CT molecular complexity index is 182. The Morgan fingerprint density at radius 1 is 0.933 bits per heavy atom. The number of hydrogen-bond donors (Lipinski definition) is 0. The summed E-state index contributed by atoms with van der Waals surface area (Å²) in [6.45, 7) is 11.2. The van der Waals surface area contributed by atoms with E-state index in [4.69, 9.17) is 4.74 Å². The minimum Gasteiger partial charge on any atom is -0.494 e. The number of para-hydroxylation sites is 1. The zero-order valence-electron chi connectivity index (χ0n) is 10.9. The Morgan fingerprint density at radius 3 is 1.80 bits per heavy atom. The van der Waals surface area contributed by atoms with Gasteiger partial charge in [0.1, 0.15) is 5.75 Å². The number of rotatable bonds is 3. The quantitative estimate of drug-likeness (QED) is 0.688. The Hall–Kier alpha value is -0.980. The van der Waals surface area contributed by atoms with Gasteiger partial charge in [-0.15, -0.1) is 0 Å². The summed E-state index contributed by atoms with van der Waals surface area (Å²) in [5, 5.41) is 0. The highest BCUT2D eigenvalue weighted by molar-refractivity contribution is 5.20. The van der Waals surface area contributed by atoms with Crippen molar-refractivity contribution in [2.24, 2.45) is 0 Å². The maximum atomic E-state index is 5.36. The lowest BCUT2D eigenvalue weighted by atomic mass is 10.3. The van der Waals surface area contributed by atoms with Gasteiger partial charge in [-0.2, -0.15) is 0 Å². The first kappa shape index (κ1) is 16.4. The molecule has 0 atom stereocenters. The van der Waals surface area contributed by atoms with Gasteiger partial charge in [-0.3, -0.25) is 0 Å². The number of benzene rings is 1. The zero-order valence-corrected chi connectivity index (χ0v) is 10.9. The first-order valence-corrected chi connectivity index (χ1v) is 6.02. The van der Waals surface area contributed by atoms with Gasteiger partial charge in [-0.05, 0) is 18.6 Å². The maximum Gasteiger partial charge on any atom is 0.119 e. The molecule has 1 aromatic carbocycles. The normalized spacial score (nSPS) is 7.80. The summed E-state index contributed by atoms with van der Waals surface area (Å²) < 4.78 is 5.36. The Kier molecular flexibility index (Phi) is 17.0. The fourth-order valence-electron chi connectivity index (χ4n) is 0.737. The standard InChI is InChI=1S/C9H12O.C3H8.C2H6/c1-2-8-10-9-6-4-3-5-7-9;1-3-2;1-2/h3-7H,2,8H2,1H3;3H2,1-2H3;1-2H3. The van der Waals surface area contributed by atoms with E-state index in [-0.39, 0.29) is 0 Å². The van der Waals surface area contributed by atoms with Crippen LogP contribution in [-0.4, -0.2) is 6.61 Å². The molecule has 0 radical (unpaired) electrons. The molecule has 0 amide bonds. The Labute approximate surface area is 95.5 Å². The highest BCUT2D eigenvalue weighted by atomic mass is 16.5. The molecule has 15 heavy (non-hydrogen) atoms. The summed E-state index contributed by atoms with van der Waals surface area (Å²) in [7, 11) is 0. The SMILES string of the molecule is CC.CCC.CCCOc1ccccc1. The lowest BCUT2D eigenvalue weighted by Crippen LogP contribution is -1.93. The predicted molar refractivity (Wildman–Crippen MR) is 69.5 cm³/mol. The maximum absolute atomic E-state index is 5.36. The zero-order chi connectivity index (χ0) is 11.9. The third-order valence-electron chi connectivity index (χ3n) is 1.22. The van der Waals surface area contributed by atoms with Crippen molar-refractivity contribution in [2.45, 2.75) is 47.5 Å². The van der Waals surface area contributed by atoms with E-state index in [9.17, 15) is 0 Å². The minimum atomic E-state index is 0.810. The molecule has 0 saturated carbocycles. The summed E-state index contributed by atoms with van der Waals surface area (Å²) in [6, 6.07) is 9.88. The van der Waals surface area contributed by atoms with E-state index in [1.807, 2.05) is 44.2 Å². The van der Waals surface area contributed by atoms with Gasteiger partial charge in [0.2, 0.25) is 0 Å². The first-order chi connectivity index (χ1) is 7.35. The van der Waals surface area contributed by atoms with E-state index in [1.54, 1.807) is 0 Å².